The maximum Gasteiger partial charge on any atom is 0.310 e. The number of hydrogen-bond acceptors (Lipinski definition) is 4. The van der Waals surface area contributed by atoms with Crippen molar-refractivity contribution in [3.63, 3.8) is 0 Å². The van der Waals surface area contributed by atoms with Crippen LogP contribution in [0.2, 0.25) is 0 Å². The molecule has 98 valence electrons. The Kier molecular flexibility index (Phi) is 4.40. The summed E-state index contributed by atoms with van der Waals surface area (Å²) in [6.07, 6.45) is 5.02. The van der Waals surface area contributed by atoms with Gasteiger partial charge < -0.3 is 15.0 Å². The van der Waals surface area contributed by atoms with E-state index >= 15 is 0 Å². The van der Waals surface area contributed by atoms with Crippen LogP contribution in [0.1, 0.15) is 25.7 Å². The SMILES string of the molecule is CNC1CC(C(=O)OC)CN(CC2CCC2)C1. The molecule has 0 aromatic rings. The van der Waals surface area contributed by atoms with Crippen LogP contribution in [0.15, 0.2) is 0 Å². The zero-order valence-electron chi connectivity index (χ0n) is 10.9. The molecule has 1 heterocycles. The molecule has 2 rings (SSSR count). The fraction of sp³-hybridized carbons (Fsp3) is 0.923. The molecule has 17 heavy (non-hydrogen) atoms. The third-order valence-electron chi connectivity index (χ3n) is 4.21. The average molecular weight is 240 g/mol. The molecule has 1 saturated heterocycles. The number of methoxy groups -OCH3 is 1. The third-order valence-corrected chi connectivity index (χ3v) is 4.21. The van der Waals surface area contributed by atoms with Gasteiger partial charge in [-0.3, -0.25) is 4.79 Å². The Morgan fingerprint density at radius 3 is 2.71 bits per heavy atom. The molecule has 2 atom stereocenters. The number of ether oxygens (including phenoxy) is 1. The predicted molar refractivity (Wildman–Crippen MR) is 66.8 cm³/mol. The highest BCUT2D eigenvalue weighted by molar-refractivity contribution is 5.72. The molecule has 2 aliphatic rings. The monoisotopic (exact) mass is 240 g/mol. The van der Waals surface area contributed by atoms with Gasteiger partial charge in [-0.15, -0.1) is 0 Å². The van der Waals surface area contributed by atoms with Crippen molar-refractivity contribution >= 4 is 5.97 Å². The zero-order valence-corrected chi connectivity index (χ0v) is 10.9. The van der Waals surface area contributed by atoms with E-state index in [4.69, 9.17) is 4.74 Å². The summed E-state index contributed by atoms with van der Waals surface area (Å²) >= 11 is 0. The third kappa shape index (κ3) is 3.19. The van der Waals surface area contributed by atoms with E-state index in [0.717, 1.165) is 32.0 Å². The topological polar surface area (TPSA) is 41.6 Å². The van der Waals surface area contributed by atoms with Gasteiger partial charge in [-0.05, 0) is 32.2 Å². The Bertz CT molecular complexity index is 264. The van der Waals surface area contributed by atoms with Crippen LogP contribution in [0, 0.1) is 11.8 Å². The molecular formula is C13H24N2O2. The minimum atomic E-state index is -0.0523. The van der Waals surface area contributed by atoms with Crippen LogP contribution in [0.5, 0.6) is 0 Å². The van der Waals surface area contributed by atoms with Crippen LogP contribution in [0.4, 0.5) is 0 Å². The quantitative estimate of drug-likeness (QED) is 0.740. The lowest BCUT2D eigenvalue weighted by Gasteiger charge is -2.40. The minimum absolute atomic E-state index is 0.0475. The van der Waals surface area contributed by atoms with Crippen molar-refractivity contribution in [2.45, 2.75) is 31.7 Å². The molecule has 1 saturated carbocycles. The normalized spacial score (nSPS) is 30.9. The average Bonchev–Trinajstić information content (AvgIpc) is 2.32. The highest BCUT2D eigenvalue weighted by Gasteiger charge is 2.33. The van der Waals surface area contributed by atoms with Crippen molar-refractivity contribution < 1.29 is 9.53 Å². The van der Waals surface area contributed by atoms with Crippen molar-refractivity contribution in [1.29, 1.82) is 0 Å². The molecule has 0 aromatic heterocycles. The van der Waals surface area contributed by atoms with E-state index in [0.29, 0.717) is 6.04 Å². The Morgan fingerprint density at radius 1 is 1.41 bits per heavy atom. The summed E-state index contributed by atoms with van der Waals surface area (Å²) in [7, 11) is 3.47. The van der Waals surface area contributed by atoms with Gasteiger partial charge in [0.1, 0.15) is 0 Å². The Balaban J connectivity index is 1.89. The van der Waals surface area contributed by atoms with Gasteiger partial charge in [-0.1, -0.05) is 6.42 Å². The summed E-state index contributed by atoms with van der Waals surface area (Å²) in [5.74, 6) is 0.860. The maximum absolute atomic E-state index is 11.7. The first-order valence-electron chi connectivity index (χ1n) is 6.70. The van der Waals surface area contributed by atoms with Crippen molar-refractivity contribution in [3.05, 3.63) is 0 Å². The van der Waals surface area contributed by atoms with Gasteiger partial charge in [0.05, 0.1) is 13.0 Å². The van der Waals surface area contributed by atoms with E-state index in [2.05, 4.69) is 10.2 Å². The number of nitrogens with one attached hydrogen (secondary N) is 1. The van der Waals surface area contributed by atoms with Crippen LogP contribution in [0.3, 0.4) is 0 Å². The van der Waals surface area contributed by atoms with Gasteiger partial charge in [0.2, 0.25) is 0 Å². The molecule has 1 aliphatic carbocycles. The van der Waals surface area contributed by atoms with E-state index in [9.17, 15) is 4.79 Å². The molecular weight excluding hydrogens is 216 g/mol. The Morgan fingerprint density at radius 2 is 2.18 bits per heavy atom. The first-order valence-corrected chi connectivity index (χ1v) is 6.70. The van der Waals surface area contributed by atoms with Crippen molar-refractivity contribution in [2.75, 3.05) is 33.8 Å². The van der Waals surface area contributed by atoms with E-state index < -0.39 is 0 Å². The van der Waals surface area contributed by atoms with Gasteiger partial charge in [0.15, 0.2) is 0 Å². The summed E-state index contributed by atoms with van der Waals surface area (Å²) in [6, 6.07) is 0.424. The highest BCUT2D eigenvalue weighted by Crippen LogP contribution is 2.29. The van der Waals surface area contributed by atoms with E-state index in [1.54, 1.807) is 0 Å². The number of esters is 1. The fourth-order valence-corrected chi connectivity index (χ4v) is 2.93. The van der Waals surface area contributed by atoms with Crippen LogP contribution < -0.4 is 5.32 Å². The van der Waals surface area contributed by atoms with Crippen molar-refractivity contribution in [1.82, 2.24) is 10.2 Å². The number of piperidine rings is 1. The summed E-state index contributed by atoms with van der Waals surface area (Å²) in [5.41, 5.74) is 0. The van der Waals surface area contributed by atoms with E-state index in [-0.39, 0.29) is 11.9 Å². The van der Waals surface area contributed by atoms with Gasteiger partial charge in [-0.25, -0.2) is 0 Å². The number of likely N-dealkylation sites (N-methyl/N-ethyl adjacent to an activating group) is 1. The smallest absolute Gasteiger partial charge is 0.310 e. The summed E-state index contributed by atoms with van der Waals surface area (Å²) in [5, 5.41) is 3.30. The predicted octanol–water partition coefficient (Wildman–Crippen LogP) is 0.869. The fourth-order valence-electron chi connectivity index (χ4n) is 2.93. The molecule has 0 bridgehead atoms. The Hall–Kier alpha value is -0.610. The second-order valence-electron chi connectivity index (χ2n) is 5.46. The second kappa shape index (κ2) is 5.83. The zero-order chi connectivity index (χ0) is 12.3. The molecule has 2 unspecified atom stereocenters. The highest BCUT2D eigenvalue weighted by atomic mass is 16.5. The lowest BCUT2D eigenvalue weighted by atomic mass is 9.84. The number of carbonyl (C=O) groups is 1. The Labute approximate surface area is 104 Å². The standard InChI is InChI=1S/C13H24N2O2/c1-14-12-6-11(13(16)17-2)8-15(9-12)7-10-4-3-5-10/h10-12,14H,3-9H2,1-2H3. The molecule has 0 radical (unpaired) electrons. The van der Waals surface area contributed by atoms with Crippen LogP contribution in [0.25, 0.3) is 0 Å². The number of carbonyl (C=O) groups excluding carboxylic acids is 1. The first kappa shape index (κ1) is 12.8. The summed E-state index contributed by atoms with van der Waals surface area (Å²) in [6.45, 7) is 3.10. The van der Waals surface area contributed by atoms with Gasteiger partial charge in [-0.2, -0.15) is 0 Å². The van der Waals surface area contributed by atoms with Gasteiger partial charge in [0, 0.05) is 25.7 Å². The largest absolute Gasteiger partial charge is 0.469 e. The molecule has 2 fully saturated rings. The molecule has 4 nitrogen and oxygen atoms in total. The second-order valence-corrected chi connectivity index (χ2v) is 5.46. The molecule has 4 heteroatoms. The van der Waals surface area contributed by atoms with Crippen LogP contribution in [-0.2, 0) is 9.53 Å². The van der Waals surface area contributed by atoms with Crippen LogP contribution >= 0.6 is 0 Å². The van der Waals surface area contributed by atoms with Crippen molar-refractivity contribution in [3.8, 4) is 0 Å². The van der Waals surface area contributed by atoms with E-state index in [1.165, 1.54) is 26.4 Å². The van der Waals surface area contributed by atoms with Crippen LogP contribution in [-0.4, -0.2) is 50.7 Å². The number of nitrogens with zero attached hydrogens (tertiary/aromatic N) is 1. The van der Waals surface area contributed by atoms with Gasteiger partial charge in [0.25, 0.3) is 0 Å². The number of hydrogen-bond donors (Lipinski definition) is 1. The van der Waals surface area contributed by atoms with Crippen molar-refractivity contribution in [2.24, 2.45) is 11.8 Å². The summed E-state index contributed by atoms with van der Waals surface area (Å²) < 4.78 is 4.88. The van der Waals surface area contributed by atoms with E-state index in [1.807, 2.05) is 7.05 Å². The first-order chi connectivity index (χ1) is 8.22. The molecule has 0 aromatic carbocycles. The molecule has 1 N–H and O–H groups in total. The number of likely N-dealkylation sites (tertiary alicyclic amines) is 1. The lowest BCUT2D eigenvalue weighted by Crippen LogP contribution is -2.51. The lowest BCUT2D eigenvalue weighted by molar-refractivity contribution is -0.147. The molecule has 0 spiro atoms. The summed E-state index contributed by atoms with van der Waals surface area (Å²) in [4.78, 5) is 14.1. The van der Waals surface area contributed by atoms with Gasteiger partial charge >= 0.3 is 5.97 Å². The maximum atomic E-state index is 11.7. The molecule has 0 amide bonds. The number of rotatable bonds is 4. The minimum Gasteiger partial charge on any atom is -0.469 e. The molecule has 1 aliphatic heterocycles.